The molecule has 140 valence electrons. The number of aliphatic imine (C=N–C) groups is 1. The van der Waals surface area contributed by atoms with Crippen molar-refractivity contribution in [3.63, 3.8) is 0 Å². The van der Waals surface area contributed by atoms with Gasteiger partial charge in [0.25, 0.3) is 0 Å². The van der Waals surface area contributed by atoms with Gasteiger partial charge in [0.15, 0.2) is 5.96 Å². The Labute approximate surface area is 166 Å². The fourth-order valence-electron chi connectivity index (χ4n) is 1.89. The van der Waals surface area contributed by atoms with Gasteiger partial charge in [0.1, 0.15) is 5.01 Å². The van der Waals surface area contributed by atoms with Crippen LogP contribution in [0.15, 0.2) is 10.4 Å². The summed E-state index contributed by atoms with van der Waals surface area (Å²) in [4.78, 5) is 8.69. The van der Waals surface area contributed by atoms with Gasteiger partial charge in [-0.1, -0.05) is 13.8 Å². The summed E-state index contributed by atoms with van der Waals surface area (Å²) in [6.07, 6.45) is 1.15. The average Bonchev–Trinajstić information content (AvgIpc) is 2.85. The van der Waals surface area contributed by atoms with E-state index in [0.29, 0.717) is 25.0 Å². The monoisotopic (exact) mass is 489 g/mol. The molecule has 0 saturated carbocycles. The quantitative estimate of drug-likeness (QED) is 0.309. The maximum atomic E-state index is 11.3. The SMILES string of the molecule is CN=C(NCc1nc(C(C)C)cs1)NCC(C)(C)NS(C)(=O)=O.I. The van der Waals surface area contributed by atoms with Crippen molar-refractivity contribution < 1.29 is 8.42 Å². The lowest BCUT2D eigenvalue weighted by Crippen LogP contribution is -2.52. The number of guanidine groups is 1. The molecule has 0 amide bonds. The highest BCUT2D eigenvalue weighted by Gasteiger charge is 2.22. The van der Waals surface area contributed by atoms with E-state index in [4.69, 9.17) is 0 Å². The third-order valence-corrected chi connectivity index (χ3v) is 4.74. The molecule has 0 aliphatic rings. The fourth-order valence-corrected chi connectivity index (χ4v) is 3.87. The Hall–Kier alpha value is -0.460. The van der Waals surface area contributed by atoms with E-state index < -0.39 is 15.6 Å². The van der Waals surface area contributed by atoms with Crippen LogP contribution in [0.1, 0.15) is 44.3 Å². The highest BCUT2D eigenvalue weighted by molar-refractivity contribution is 14.0. The Bertz CT molecular complexity index is 641. The molecule has 24 heavy (non-hydrogen) atoms. The van der Waals surface area contributed by atoms with Gasteiger partial charge < -0.3 is 10.6 Å². The summed E-state index contributed by atoms with van der Waals surface area (Å²) >= 11 is 1.61. The predicted octanol–water partition coefficient (Wildman–Crippen LogP) is 1.88. The number of rotatable bonds is 7. The van der Waals surface area contributed by atoms with Crippen LogP contribution in [0.2, 0.25) is 0 Å². The van der Waals surface area contributed by atoms with Gasteiger partial charge in [-0.15, -0.1) is 35.3 Å². The summed E-state index contributed by atoms with van der Waals surface area (Å²) in [5.41, 5.74) is 0.477. The lowest BCUT2D eigenvalue weighted by molar-refractivity contribution is 0.446. The molecule has 0 unspecified atom stereocenters. The van der Waals surface area contributed by atoms with Crippen LogP contribution >= 0.6 is 35.3 Å². The van der Waals surface area contributed by atoms with Crippen LogP contribution < -0.4 is 15.4 Å². The molecule has 0 fully saturated rings. The zero-order chi connectivity index (χ0) is 17.7. The van der Waals surface area contributed by atoms with Gasteiger partial charge in [-0.2, -0.15) is 0 Å². The first-order valence-corrected chi connectivity index (χ1v) is 10.2. The largest absolute Gasteiger partial charge is 0.355 e. The molecule has 0 aliphatic carbocycles. The molecule has 0 aromatic carbocycles. The Morgan fingerprint density at radius 2 is 2.00 bits per heavy atom. The van der Waals surface area contributed by atoms with Gasteiger partial charge in [0.2, 0.25) is 10.0 Å². The molecule has 10 heteroatoms. The van der Waals surface area contributed by atoms with E-state index in [1.165, 1.54) is 0 Å². The molecule has 0 radical (unpaired) electrons. The summed E-state index contributed by atoms with van der Waals surface area (Å²) in [5, 5.41) is 9.36. The van der Waals surface area contributed by atoms with Crippen molar-refractivity contribution >= 4 is 51.3 Å². The van der Waals surface area contributed by atoms with Gasteiger partial charge in [-0.25, -0.2) is 18.1 Å². The van der Waals surface area contributed by atoms with Crippen molar-refractivity contribution in [2.75, 3.05) is 19.8 Å². The van der Waals surface area contributed by atoms with E-state index in [2.05, 4.69) is 44.6 Å². The second kappa shape index (κ2) is 9.88. The standard InChI is InChI=1S/C14H27N5O2S2.HI/c1-10(2)11-8-22-12(18-11)7-16-13(15-5)17-9-14(3,4)19-23(6,20)21;/h8,10,19H,7,9H2,1-6H3,(H2,15,16,17);1H. The van der Waals surface area contributed by atoms with Gasteiger partial charge in [0.05, 0.1) is 18.5 Å². The maximum Gasteiger partial charge on any atom is 0.209 e. The summed E-state index contributed by atoms with van der Waals surface area (Å²) in [7, 11) is -1.58. The first-order valence-electron chi connectivity index (χ1n) is 7.40. The van der Waals surface area contributed by atoms with Gasteiger partial charge in [-0.05, 0) is 19.8 Å². The van der Waals surface area contributed by atoms with Crippen LogP contribution in [0.3, 0.4) is 0 Å². The van der Waals surface area contributed by atoms with Crippen molar-refractivity contribution in [3.8, 4) is 0 Å². The van der Waals surface area contributed by atoms with Gasteiger partial charge in [-0.3, -0.25) is 4.99 Å². The van der Waals surface area contributed by atoms with E-state index in [-0.39, 0.29) is 24.0 Å². The van der Waals surface area contributed by atoms with Crippen molar-refractivity contribution in [1.29, 1.82) is 0 Å². The summed E-state index contributed by atoms with van der Waals surface area (Å²) in [6, 6.07) is 0. The molecule has 1 heterocycles. The summed E-state index contributed by atoms with van der Waals surface area (Å²) in [5.74, 6) is 1.02. The summed E-state index contributed by atoms with van der Waals surface area (Å²) in [6.45, 7) is 8.84. The van der Waals surface area contributed by atoms with Crippen LogP contribution in [-0.2, 0) is 16.6 Å². The lowest BCUT2D eigenvalue weighted by Gasteiger charge is -2.26. The first-order chi connectivity index (χ1) is 10.5. The van der Waals surface area contributed by atoms with Crippen LogP contribution in [0.25, 0.3) is 0 Å². The second-order valence-electron chi connectivity index (χ2n) is 6.36. The minimum absolute atomic E-state index is 0. The molecule has 0 bridgehead atoms. The lowest BCUT2D eigenvalue weighted by atomic mass is 10.1. The zero-order valence-electron chi connectivity index (χ0n) is 15.0. The van der Waals surface area contributed by atoms with Crippen LogP contribution in [-0.4, -0.2) is 44.7 Å². The number of hydrogen-bond donors (Lipinski definition) is 3. The normalized spacial score (nSPS) is 12.9. The number of sulfonamides is 1. The Kier molecular flexibility index (Phi) is 9.69. The molecule has 1 rings (SSSR count). The van der Waals surface area contributed by atoms with Crippen LogP contribution in [0.5, 0.6) is 0 Å². The molecule has 0 aliphatic heterocycles. The van der Waals surface area contributed by atoms with E-state index >= 15 is 0 Å². The number of aromatic nitrogens is 1. The number of nitrogens with zero attached hydrogens (tertiary/aromatic N) is 2. The molecule has 1 aromatic rings. The molecular weight excluding hydrogens is 461 g/mol. The van der Waals surface area contributed by atoms with Crippen molar-refractivity contribution in [1.82, 2.24) is 20.3 Å². The third-order valence-electron chi connectivity index (χ3n) is 2.95. The highest BCUT2D eigenvalue weighted by atomic mass is 127. The number of hydrogen-bond acceptors (Lipinski definition) is 5. The number of halogens is 1. The van der Waals surface area contributed by atoms with E-state index in [9.17, 15) is 8.42 Å². The average molecular weight is 489 g/mol. The van der Waals surface area contributed by atoms with Crippen LogP contribution in [0.4, 0.5) is 0 Å². The molecule has 0 spiro atoms. The minimum Gasteiger partial charge on any atom is -0.355 e. The summed E-state index contributed by atoms with van der Waals surface area (Å²) < 4.78 is 25.3. The van der Waals surface area contributed by atoms with E-state index in [1.54, 1.807) is 18.4 Å². The van der Waals surface area contributed by atoms with Crippen molar-refractivity contribution in [2.45, 2.75) is 45.7 Å². The van der Waals surface area contributed by atoms with E-state index in [1.807, 2.05) is 13.8 Å². The Morgan fingerprint density at radius 1 is 1.38 bits per heavy atom. The highest BCUT2D eigenvalue weighted by Crippen LogP contribution is 2.17. The third kappa shape index (κ3) is 9.14. The zero-order valence-corrected chi connectivity index (χ0v) is 19.0. The predicted molar refractivity (Wildman–Crippen MR) is 112 cm³/mol. The maximum absolute atomic E-state index is 11.3. The van der Waals surface area contributed by atoms with Gasteiger partial charge in [0, 0.05) is 24.5 Å². The molecular formula is C14H28IN5O2S2. The first kappa shape index (κ1) is 23.5. The van der Waals surface area contributed by atoms with Gasteiger partial charge >= 0.3 is 0 Å². The number of thiazole rings is 1. The Balaban J connectivity index is 0.00000529. The molecule has 0 saturated heterocycles. The molecule has 7 nitrogen and oxygen atoms in total. The van der Waals surface area contributed by atoms with E-state index in [0.717, 1.165) is 17.0 Å². The second-order valence-corrected chi connectivity index (χ2v) is 9.05. The topological polar surface area (TPSA) is 95.5 Å². The smallest absolute Gasteiger partial charge is 0.209 e. The fraction of sp³-hybridized carbons (Fsp3) is 0.714. The number of nitrogens with one attached hydrogen (secondary N) is 3. The van der Waals surface area contributed by atoms with Crippen LogP contribution in [0, 0.1) is 0 Å². The minimum atomic E-state index is -3.26. The molecule has 0 atom stereocenters. The molecule has 1 aromatic heterocycles. The van der Waals surface area contributed by atoms with Crippen molar-refractivity contribution in [2.24, 2.45) is 4.99 Å². The van der Waals surface area contributed by atoms with Crippen molar-refractivity contribution in [3.05, 3.63) is 16.1 Å². The Morgan fingerprint density at radius 3 is 2.46 bits per heavy atom. The molecule has 3 N–H and O–H groups in total.